The van der Waals surface area contributed by atoms with Gasteiger partial charge in [0, 0.05) is 16.4 Å². The van der Waals surface area contributed by atoms with Crippen molar-refractivity contribution in [3.8, 4) is 5.75 Å². The minimum absolute atomic E-state index is 0.0383. The topological polar surface area (TPSA) is 79.8 Å². The van der Waals surface area contributed by atoms with Gasteiger partial charge >= 0.3 is 0 Å². The Morgan fingerprint density at radius 3 is 2.64 bits per heavy atom. The molecule has 28 heavy (non-hydrogen) atoms. The van der Waals surface area contributed by atoms with E-state index in [0.717, 1.165) is 15.6 Å². The Balaban J connectivity index is 1.81. The molecule has 0 saturated carbocycles. The van der Waals surface area contributed by atoms with Crippen molar-refractivity contribution in [2.45, 2.75) is 27.2 Å². The van der Waals surface area contributed by atoms with Crippen molar-refractivity contribution in [3.05, 3.63) is 57.0 Å². The standard InChI is InChI=1S/C20H21BrClN3O3/c1-12-7-8-18(15(21)9-12)28-11-20(27)25-24-13(2)10-19(26)23-17-6-4-5-16(22)14(17)3/h4-9H,10-11H2,1-3H3,(H,23,26)(H,25,27)/b24-13+. The number of carbonyl (C=O) groups is 2. The van der Waals surface area contributed by atoms with Crippen LogP contribution in [-0.2, 0) is 9.59 Å². The van der Waals surface area contributed by atoms with Gasteiger partial charge in [-0.25, -0.2) is 5.43 Å². The number of benzene rings is 2. The third-order valence-electron chi connectivity index (χ3n) is 3.78. The highest BCUT2D eigenvalue weighted by molar-refractivity contribution is 9.10. The zero-order valence-electron chi connectivity index (χ0n) is 15.8. The Morgan fingerprint density at radius 2 is 1.93 bits per heavy atom. The Kier molecular flexibility index (Phi) is 8.02. The summed E-state index contributed by atoms with van der Waals surface area (Å²) >= 11 is 9.43. The van der Waals surface area contributed by atoms with Crippen LogP contribution in [0, 0.1) is 13.8 Å². The molecule has 2 N–H and O–H groups in total. The van der Waals surface area contributed by atoms with Gasteiger partial charge in [0.2, 0.25) is 5.91 Å². The molecule has 2 rings (SSSR count). The molecule has 0 radical (unpaired) electrons. The summed E-state index contributed by atoms with van der Waals surface area (Å²) in [7, 11) is 0. The van der Waals surface area contributed by atoms with E-state index in [2.05, 4.69) is 31.8 Å². The lowest BCUT2D eigenvalue weighted by Gasteiger charge is -2.10. The van der Waals surface area contributed by atoms with Crippen molar-refractivity contribution < 1.29 is 14.3 Å². The van der Waals surface area contributed by atoms with Crippen LogP contribution in [0.1, 0.15) is 24.5 Å². The second kappa shape index (κ2) is 10.2. The highest BCUT2D eigenvalue weighted by Crippen LogP contribution is 2.25. The van der Waals surface area contributed by atoms with Gasteiger partial charge in [0.25, 0.3) is 5.91 Å². The lowest BCUT2D eigenvalue weighted by molar-refractivity contribution is -0.123. The van der Waals surface area contributed by atoms with Crippen LogP contribution in [-0.4, -0.2) is 24.1 Å². The van der Waals surface area contributed by atoms with Gasteiger partial charge in [0.1, 0.15) is 5.75 Å². The lowest BCUT2D eigenvalue weighted by Crippen LogP contribution is -2.26. The van der Waals surface area contributed by atoms with Gasteiger partial charge in [-0.15, -0.1) is 0 Å². The third-order valence-corrected chi connectivity index (χ3v) is 4.80. The summed E-state index contributed by atoms with van der Waals surface area (Å²) in [5.74, 6) is -0.101. The van der Waals surface area contributed by atoms with Gasteiger partial charge in [-0.05, 0) is 72.1 Å². The van der Waals surface area contributed by atoms with E-state index >= 15 is 0 Å². The first-order valence-corrected chi connectivity index (χ1v) is 9.69. The average Bonchev–Trinajstić information content (AvgIpc) is 2.63. The molecule has 0 saturated heterocycles. The van der Waals surface area contributed by atoms with Crippen molar-refractivity contribution in [2.75, 3.05) is 11.9 Å². The Hall–Kier alpha value is -2.38. The molecule has 0 aliphatic carbocycles. The van der Waals surface area contributed by atoms with Crippen LogP contribution in [0.15, 0.2) is 46.0 Å². The highest BCUT2D eigenvalue weighted by atomic mass is 79.9. The molecule has 8 heteroatoms. The van der Waals surface area contributed by atoms with E-state index in [1.54, 1.807) is 31.2 Å². The van der Waals surface area contributed by atoms with Gasteiger partial charge in [-0.3, -0.25) is 9.59 Å². The SMILES string of the molecule is C/C(CC(=O)Nc1cccc(Cl)c1C)=N\NC(=O)COc1ccc(C)cc1Br. The molecule has 0 aliphatic heterocycles. The second-order valence-corrected chi connectivity index (χ2v) is 7.50. The summed E-state index contributed by atoms with van der Waals surface area (Å²) in [5, 5.41) is 7.29. The van der Waals surface area contributed by atoms with Crippen LogP contribution in [0.25, 0.3) is 0 Å². The quantitative estimate of drug-likeness (QED) is 0.461. The number of rotatable bonds is 7. The summed E-state index contributed by atoms with van der Waals surface area (Å²) < 4.78 is 6.22. The summed E-state index contributed by atoms with van der Waals surface area (Å²) in [6.45, 7) is 5.25. The predicted molar refractivity (Wildman–Crippen MR) is 115 cm³/mol. The first kappa shape index (κ1) is 21.9. The van der Waals surface area contributed by atoms with Crippen molar-refractivity contribution >= 4 is 50.7 Å². The Morgan fingerprint density at radius 1 is 1.18 bits per heavy atom. The molecule has 2 aromatic rings. The lowest BCUT2D eigenvalue weighted by atomic mass is 10.2. The molecule has 0 atom stereocenters. The van der Waals surface area contributed by atoms with Crippen molar-refractivity contribution in [3.63, 3.8) is 0 Å². The van der Waals surface area contributed by atoms with E-state index in [4.69, 9.17) is 16.3 Å². The molecule has 2 amide bonds. The maximum absolute atomic E-state index is 12.1. The van der Waals surface area contributed by atoms with E-state index in [0.29, 0.717) is 22.2 Å². The number of hydrogen-bond donors (Lipinski definition) is 2. The van der Waals surface area contributed by atoms with Gasteiger partial charge in [-0.2, -0.15) is 5.10 Å². The fourth-order valence-electron chi connectivity index (χ4n) is 2.27. The van der Waals surface area contributed by atoms with Crippen LogP contribution in [0.4, 0.5) is 5.69 Å². The molecule has 6 nitrogen and oxygen atoms in total. The average molecular weight is 467 g/mol. The van der Waals surface area contributed by atoms with Crippen molar-refractivity contribution in [1.29, 1.82) is 0 Å². The number of hydrogen-bond acceptors (Lipinski definition) is 4. The molecule has 0 fully saturated rings. The summed E-state index contributed by atoms with van der Waals surface area (Å²) in [6, 6.07) is 10.9. The normalized spacial score (nSPS) is 11.1. The largest absolute Gasteiger partial charge is 0.483 e. The van der Waals surface area contributed by atoms with E-state index in [1.807, 2.05) is 26.0 Å². The van der Waals surface area contributed by atoms with Crippen molar-refractivity contribution in [2.24, 2.45) is 5.10 Å². The van der Waals surface area contributed by atoms with E-state index < -0.39 is 5.91 Å². The smallest absolute Gasteiger partial charge is 0.277 e. The Labute approximate surface area is 177 Å². The first-order chi connectivity index (χ1) is 13.3. The molecule has 0 aliphatic rings. The minimum Gasteiger partial charge on any atom is -0.483 e. The molecule has 0 heterocycles. The fourth-order valence-corrected chi connectivity index (χ4v) is 3.05. The molecule has 0 aromatic heterocycles. The summed E-state index contributed by atoms with van der Waals surface area (Å²) in [6.07, 6.45) is 0.0383. The molecule has 0 spiro atoms. The van der Waals surface area contributed by atoms with E-state index in [1.165, 1.54) is 0 Å². The molecule has 0 unspecified atom stereocenters. The van der Waals surface area contributed by atoms with Crippen molar-refractivity contribution in [1.82, 2.24) is 5.43 Å². The molecular weight excluding hydrogens is 446 g/mol. The number of carbonyl (C=O) groups excluding carboxylic acids is 2. The number of ether oxygens (including phenoxy) is 1. The van der Waals surface area contributed by atoms with E-state index in [-0.39, 0.29) is 18.9 Å². The number of anilines is 1. The van der Waals surface area contributed by atoms with E-state index in [9.17, 15) is 9.59 Å². The summed E-state index contributed by atoms with van der Waals surface area (Å²) in [5.41, 5.74) is 5.36. The minimum atomic E-state index is -0.419. The third kappa shape index (κ3) is 6.65. The molecule has 0 bridgehead atoms. The van der Waals surface area contributed by atoms with Gasteiger partial charge in [0.15, 0.2) is 6.61 Å². The van der Waals surface area contributed by atoms with Gasteiger partial charge < -0.3 is 10.1 Å². The number of amides is 2. The molecule has 148 valence electrons. The zero-order chi connectivity index (χ0) is 20.7. The monoisotopic (exact) mass is 465 g/mol. The zero-order valence-corrected chi connectivity index (χ0v) is 18.1. The first-order valence-electron chi connectivity index (χ1n) is 8.52. The van der Waals surface area contributed by atoms with Crippen LogP contribution in [0.2, 0.25) is 5.02 Å². The van der Waals surface area contributed by atoms with Crippen LogP contribution >= 0.6 is 27.5 Å². The van der Waals surface area contributed by atoms with Gasteiger partial charge in [-0.1, -0.05) is 23.7 Å². The van der Waals surface area contributed by atoms with Gasteiger partial charge in [0.05, 0.1) is 10.9 Å². The highest BCUT2D eigenvalue weighted by Gasteiger charge is 2.09. The second-order valence-electron chi connectivity index (χ2n) is 6.24. The number of nitrogens with one attached hydrogen (secondary N) is 2. The van der Waals surface area contributed by atoms with Crippen LogP contribution in [0.5, 0.6) is 5.75 Å². The predicted octanol–water partition coefficient (Wildman–Crippen LogP) is 4.62. The Bertz CT molecular complexity index is 916. The fraction of sp³-hybridized carbons (Fsp3) is 0.250. The molecular formula is C20H21BrClN3O3. The van der Waals surface area contributed by atoms with Crippen LogP contribution < -0.4 is 15.5 Å². The molecule has 2 aromatic carbocycles. The maximum atomic E-state index is 12.1. The van der Waals surface area contributed by atoms with Crippen LogP contribution in [0.3, 0.4) is 0 Å². The number of aryl methyl sites for hydroxylation is 1. The summed E-state index contributed by atoms with van der Waals surface area (Å²) in [4.78, 5) is 24.0. The number of nitrogens with zero attached hydrogens (tertiary/aromatic N) is 1. The maximum Gasteiger partial charge on any atom is 0.277 e. The number of hydrazone groups is 1. The number of halogens is 2.